The number of nitrogens with zero attached hydrogens (tertiary/aromatic N) is 2. The van der Waals surface area contributed by atoms with E-state index in [0.29, 0.717) is 18.8 Å². The van der Waals surface area contributed by atoms with Crippen molar-refractivity contribution < 1.29 is 19.4 Å². The summed E-state index contributed by atoms with van der Waals surface area (Å²) in [4.78, 5) is 17.3. The minimum absolute atomic E-state index is 0.0458. The van der Waals surface area contributed by atoms with Gasteiger partial charge in [-0.3, -0.25) is 9.69 Å². The lowest BCUT2D eigenvalue weighted by molar-refractivity contribution is -0.134. The summed E-state index contributed by atoms with van der Waals surface area (Å²) in [7, 11) is 3.50. The molecule has 0 unspecified atom stereocenters. The number of ether oxygens (including phenoxy) is 2. The second-order valence-corrected chi connectivity index (χ2v) is 8.91. The first-order chi connectivity index (χ1) is 16.5. The van der Waals surface area contributed by atoms with Gasteiger partial charge in [-0.25, -0.2) is 0 Å². The fraction of sp³-hybridized carbons (Fsp3) is 0.393. The maximum absolute atomic E-state index is 13.3. The molecule has 2 atom stereocenters. The molecular weight excluding hydrogens is 428 g/mol. The second kappa shape index (κ2) is 10.9. The minimum Gasteiger partial charge on any atom is -0.496 e. The molecule has 3 aromatic rings. The standard InChI is InChI=1S/C28H34N2O4/c1-4-20-16-23(12-13-27(20)33-3)34-19-28(32)29(2)26(18-30-15-14-22(31)17-30)25-11-7-9-21-8-5-6-10-24(21)25/h5-13,16,22,26,31H,4,14-15,17-19H2,1-3H3/t22-,26+/m0/s1. The van der Waals surface area contributed by atoms with Crippen molar-refractivity contribution in [2.24, 2.45) is 0 Å². The number of β-amino-alcohol motifs (C(OH)–C–C–N with tert-alkyl or cyclic N) is 1. The summed E-state index contributed by atoms with van der Waals surface area (Å²) in [6.45, 7) is 4.13. The number of carbonyl (C=O) groups is 1. The number of aliphatic hydroxyl groups is 1. The van der Waals surface area contributed by atoms with Crippen LogP contribution in [0.1, 0.15) is 30.5 Å². The number of aryl methyl sites for hydroxylation is 1. The number of fused-ring (bicyclic) bond motifs is 1. The lowest BCUT2D eigenvalue weighted by atomic mass is 9.97. The van der Waals surface area contributed by atoms with E-state index in [4.69, 9.17) is 9.47 Å². The number of likely N-dealkylation sites (tertiary alicyclic amines) is 1. The van der Waals surface area contributed by atoms with Crippen molar-refractivity contribution in [3.63, 3.8) is 0 Å². The van der Waals surface area contributed by atoms with Gasteiger partial charge >= 0.3 is 0 Å². The molecule has 3 aromatic carbocycles. The number of aliphatic hydroxyl groups excluding tert-OH is 1. The number of hydrogen-bond acceptors (Lipinski definition) is 5. The van der Waals surface area contributed by atoms with Gasteiger partial charge in [0.2, 0.25) is 0 Å². The number of methoxy groups -OCH3 is 1. The van der Waals surface area contributed by atoms with E-state index in [1.807, 2.05) is 43.4 Å². The Balaban J connectivity index is 1.55. The highest BCUT2D eigenvalue weighted by atomic mass is 16.5. The molecule has 1 saturated heterocycles. The monoisotopic (exact) mass is 462 g/mol. The van der Waals surface area contributed by atoms with Gasteiger partial charge in [-0.1, -0.05) is 49.4 Å². The number of hydrogen-bond donors (Lipinski definition) is 1. The van der Waals surface area contributed by atoms with Crippen LogP contribution in [-0.4, -0.2) is 67.3 Å². The lowest BCUT2D eigenvalue weighted by Gasteiger charge is -2.33. The highest BCUT2D eigenvalue weighted by Crippen LogP contribution is 2.30. The van der Waals surface area contributed by atoms with Gasteiger partial charge in [-0.15, -0.1) is 0 Å². The fourth-order valence-electron chi connectivity index (χ4n) is 4.73. The molecule has 6 heteroatoms. The molecule has 1 N–H and O–H groups in total. The van der Waals surface area contributed by atoms with Crippen molar-refractivity contribution in [1.29, 1.82) is 0 Å². The maximum atomic E-state index is 13.3. The second-order valence-electron chi connectivity index (χ2n) is 8.91. The van der Waals surface area contributed by atoms with Crippen LogP contribution in [0.3, 0.4) is 0 Å². The fourth-order valence-corrected chi connectivity index (χ4v) is 4.73. The topological polar surface area (TPSA) is 62.2 Å². The first kappa shape index (κ1) is 24.0. The summed E-state index contributed by atoms with van der Waals surface area (Å²) < 4.78 is 11.3. The summed E-state index contributed by atoms with van der Waals surface area (Å²) in [5.41, 5.74) is 2.15. The minimum atomic E-state index is -0.305. The Kier molecular flexibility index (Phi) is 7.70. The molecule has 6 nitrogen and oxygen atoms in total. The number of rotatable bonds is 9. The van der Waals surface area contributed by atoms with Crippen molar-refractivity contribution in [3.05, 3.63) is 71.8 Å². The smallest absolute Gasteiger partial charge is 0.260 e. The molecule has 1 aliphatic heterocycles. The van der Waals surface area contributed by atoms with E-state index in [2.05, 4.69) is 36.1 Å². The molecule has 0 radical (unpaired) electrons. The molecule has 1 amide bonds. The number of benzene rings is 3. The Morgan fingerprint density at radius 1 is 1.18 bits per heavy atom. The summed E-state index contributed by atoms with van der Waals surface area (Å²) in [5, 5.41) is 12.3. The molecule has 4 rings (SSSR count). The number of carbonyl (C=O) groups excluding carboxylic acids is 1. The van der Waals surface area contributed by atoms with Crippen LogP contribution >= 0.6 is 0 Å². The Labute approximate surface area is 201 Å². The Hall–Kier alpha value is -3.09. The van der Waals surface area contributed by atoms with Gasteiger partial charge in [0.25, 0.3) is 5.91 Å². The zero-order valence-corrected chi connectivity index (χ0v) is 20.2. The van der Waals surface area contributed by atoms with E-state index in [-0.39, 0.29) is 24.7 Å². The third-order valence-electron chi connectivity index (χ3n) is 6.72. The SMILES string of the molecule is CCc1cc(OCC(=O)N(C)[C@H](CN2CC[C@H](O)C2)c2cccc3ccccc23)ccc1OC. The molecule has 1 aliphatic rings. The van der Waals surface area contributed by atoms with Crippen LogP contribution < -0.4 is 9.47 Å². The van der Waals surface area contributed by atoms with Crippen LogP contribution in [0.4, 0.5) is 0 Å². The van der Waals surface area contributed by atoms with E-state index in [1.54, 1.807) is 12.0 Å². The molecule has 0 saturated carbocycles. The van der Waals surface area contributed by atoms with E-state index in [9.17, 15) is 9.90 Å². The number of amides is 1. The van der Waals surface area contributed by atoms with Crippen LogP contribution in [-0.2, 0) is 11.2 Å². The molecule has 1 heterocycles. The Morgan fingerprint density at radius 3 is 2.71 bits per heavy atom. The van der Waals surface area contributed by atoms with Crippen molar-refractivity contribution in [1.82, 2.24) is 9.80 Å². The van der Waals surface area contributed by atoms with Gasteiger partial charge in [-0.05, 0) is 52.9 Å². The molecule has 0 aromatic heterocycles. The Bertz CT molecular complexity index is 1130. The predicted octanol–water partition coefficient (Wildman–Crippen LogP) is 4.06. The van der Waals surface area contributed by atoms with E-state index < -0.39 is 0 Å². The van der Waals surface area contributed by atoms with E-state index in [1.165, 1.54) is 0 Å². The van der Waals surface area contributed by atoms with Crippen molar-refractivity contribution >= 4 is 16.7 Å². The van der Waals surface area contributed by atoms with Gasteiger partial charge in [0, 0.05) is 26.7 Å². The van der Waals surface area contributed by atoms with Crippen LogP contribution in [0.5, 0.6) is 11.5 Å². The first-order valence-corrected chi connectivity index (χ1v) is 11.9. The normalized spacial score (nSPS) is 17.0. The van der Waals surface area contributed by atoms with E-state index >= 15 is 0 Å². The third kappa shape index (κ3) is 5.34. The van der Waals surface area contributed by atoms with E-state index in [0.717, 1.165) is 47.0 Å². The van der Waals surface area contributed by atoms with Gasteiger partial charge in [-0.2, -0.15) is 0 Å². The Morgan fingerprint density at radius 2 is 1.97 bits per heavy atom. The van der Waals surface area contributed by atoms with Gasteiger partial charge in [0.15, 0.2) is 6.61 Å². The molecular formula is C28H34N2O4. The highest BCUT2D eigenvalue weighted by Gasteiger charge is 2.29. The zero-order valence-electron chi connectivity index (χ0n) is 20.2. The van der Waals surface area contributed by atoms with Crippen LogP contribution in [0.15, 0.2) is 60.7 Å². The van der Waals surface area contributed by atoms with Gasteiger partial charge in [0.1, 0.15) is 11.5 Å². The summed E-state index contributed by atoms with van der Waals surface area (Å²) in [6.07, 6.45) is 1.28. The molecule has 180 valence electrons. The van der Waals surface area contributed by atoms with Crippen molar-refractivity contribution in [3.8, 4) is 11.5 Å². The lowest BCUT2D eigenvalue weighted by Crippen LogP contribution is -2.41. The van der Waals surface area contributed by atoms with Crippen LogP contribution in [0.25, 0.3) is 10.8 Å². The summed E-state index contributed by atoms with van der Waals surface area (Å²) >= 11 is 0. The predicted molar refractivity (Wildman–Crippen MR) is 134 cm³/mol. The average molecular weight is 463 g/mol. The largest absolute Gasteiger partial charge is 0.496 e. The maximum Gasteiger partial charge on any atom is 0.260 e. The molecule has 0 spiro atoms. The van der Waals surface area contributed by atoms with Crippen molar-refractivity contribution in [2.75, 3.05) is 40.4 Å². The molecule has 0 bridgehead atoms. The first-order valence-electron chi connectivity index (χ1n) is 11.9. The van der Waals surface area contributed by atoms with Gasteiger partial charge in [0.05, 0.1) is 19.3 Å². The molecule has 34 heavy (non-hydrogen) atoms. The number of likely N-dealkylation sites (N-methyl/N-ethyl adjacent to an activating group) is 1. The van der Waals surface area contributed by atoms with Gasteiger partial charge < -0.3 is 19.5 Å². The summed E-state index contributed by atoms with van der Waals surface area (Å²) in [5.74, 6) is 1.39. The highest BCUT2D eigenvalue weighted by molar-refractivity contribution is 5.87. The third-order valence-corrected chi connectivity index (χ3v) is 6.72. The van der Waals surface area contributed by atoms with Crippen LogP contribution in [0, 0.1) is 0 Å². The van der Waals surface area contributed by atoms with Crippen LogP contribution in [0.2, 0.25) is 0 Å². The average Bonchev–Trinajstić information content (AvgIpc) is 3.29. The molecule has 1 fully saturated rings. The summed E-state index contributed by atoms with van der Waals surface area (Å²) in [6, 6.07) is 20.0. The zero-order chi connectivity index (χ0) is 24.1. The van der Waals surface area contributed by atoms with Crippen molar-refractivity contribution in [2.45, 2.75) is 31.9 Å². The molecule has 0 aliphatic carbocycles. The quantitative estimate of drug-likeness (QED) is 0.520.